The Hall–Kier alpha value is -1.87. The summed E-state index contributed by atoms with van der Waals surface area (Å²) in [5, 5.41) is 3.24. The molecule has 0 radical (unpaired) electrons. The van der Waals surface area contributed by atoms with Crippen molar-refractivity contribution >= 4 is 0 Å². The molecule has 3 heteroatoms. The number of likely N-dealkylation sites (N-methyl/N-ethyl adjacent to an activating group) is 1. The lowest BCUT2D eigenvalue weighted by Gasteiger charge is -2.27. The van der Waals surface area contributed by atoms with Gasteiger partial charge < -0.3 is 10.1 Å². The predicted molar refractivity (Wildman–Crippen MR) is 78.6 cm³/mol. The van der Waals surface area contributed by atoms with E-state index >= 15 is 0 Å². The van der Waals surface area contributed by atoms with Gasteiger partial charge in [0, 0.05) is 18.0 Å². The molecule has 1 aliphatic heterocycles. The summed E-state index contributed by atoms with van der Waals surface area (Å²) in [7, 11) is 1.97. The van der Waals surface area contributed by atoms with Crippen molar-refractivity contribution in [2.45, 2.75) is 12.3 Å². The van der Waals surface area contributed by atoms with Crippen LogP contribution in [0.25, 0.3) is 11.1 Å². The second-order valence-corrected chi connectivity index (χ2v) is 5.12. The van der Waals surface area contributed by atoms with Gasteiger partial charge in [-0.15, -0.1) is 0 Å². The van der Waals surface area contributed by atoms with Crippen LogP contribution in [0.3, 0.4) is 0 Å². The molecule has 104 valence electrons. The number of hydrogen-bond acceptors (Lipinski definition) is 2. The molecule has 1 atom stereocenters. The molecule has 0 spiro atoms. The maximum absolute atomic E-state index is 13.1. The molecule has 0 unspecified atom stereocenters. The summed E-state index contributed by atoms with van der Waals surface area (Å²) in [6, 6.07) is 12.8. The fourth-order valence-corrected chi connectivity index (χ4v) is 2.81. The van der Waals surface area contributed by atoms with E-state index in [1.807, 2.05) is 13.1 Å². The number of fused-ring (bicyclic) bond motifs is 1. The summed E-state index contributed by atoms with van der Waals surface area (Å²) in [4.78, 5) is 0. The minimum absolute atomic E-state index is 0.215. The molecule has 2 nitrogen and oxygen atoms in total. The van der Waals surface area contributed by atoms with Gasteiger partial charge >= 0.3 is 0 Å². The average molecular weight is 271 g/mol. The zero-order chi connectivity index (χ0) is 13.9. The maximum Gasteiger partial charge on any atom is 0.130 e. The van der Waals surface area contributed by atoms with E-state index in [-0.39, 0.29) is 5.82 Å². The van der Waals surface area contributed by atoms with Crippen LogP contribution in [0.1, 0.15) is 17.9 Å². The molecule has 3 rings (SSSR count). The van der Waals surface area contributed by atoms with Gasteiger partial charge in [0.1, 0.15) is 11.6 Å². The Kier molecular flexibility index (Phi) is 3.70. The minimum Gasteiger partial charge on any atom is -0.493 e. The third-order valence-electron chi connectivity index (χ3n) is 3.80. The van der Waals surface area contributed by atoms with Crippen molar-refractivity contribution in [2.75, 3.05) is 20.2 Å². The van der Waals surface area contributed by atoms with Crippen LogP contribution in [-0.4, -0.2) is 20.2 Å². The van der Waals surface area contributed by atoms with E-state index in [0.29, 0.717) is 5.92 Å². The molecular formula is C17H18FNO. The minimum atomic E-state index is -0.215. The Morgan fingerprint density at radius 2 is 2.00 bits per heavy atom. The van der Waals surface area contributed by atoms with Gasteiger partial charge in [-0.25, -0.2) is 4.39 Å². The molecule has 1 N–H and O–H groups in total. The zero-order valence-electron chi connectivity index (χ0n) is 11.5. The lowest BCUT2D eigenvalue weighted by molar-refractivity contribution is 0.267. The Bertz CT molecular complexity index is 594. The van der Waals surface area contributed by atoms with Crippen LogP contribution >= 0.6 is 0 Å². The van der Waals surface area contributed by atoms with Gasteiger partial charge in [-0.1, -0.05) is 30.3 Å². The fraction of sp³-hybridized carbons (Fsp3) is 0.294. The third kappa shape index (κ3) is 2.41. The summed E-state index contributed by atoms with van der Waals surface area (Å²) < 4.78 is 19.0. The maximum atomic E-state index is 13.1. The predicted octanol–water partition coefficient (Wildman–Crippen LogP) is 3.58. The van der Waals surface area contributed by atoms with Crippen molar-refractivity contribution < 1.29 is 9.13 Å². The van der Waals surface area contributed by atoms with Gasteiger partial charge in [0.2, 0.25) is 0 Å². The second kappa shape index (κ2) is 5.63. The summed E-state index contributed by atoms with van der Waals surface area (Å²) in [6.07, 6.45) is 1.03. The molecule has 0 aromatic heterocycles. The van der Waals surface area contributed by atoms with Crippen LogP contribution in [0, 0.1) is 5.82 Å². The first-order chi connectivity index (χ1) is 9.79. The van der Waals surface area contributed by atoms with Crippen molar-refractivity contribution in [3.05, 3.63) is 53.8 Å². The number of halogens is 1. The first-order valence-corrected chi connectivity index (χ1v) is 6.96. The number of benzene rings is 2. The quantitative estimate of drug-likeness (QED) is 0.921. The molecule has 0 saturated heterocycles. The topological polar surface area (TPSA) is 21.3 Å². The lowest BCUT2D eigenvalue weighted by Crippen LogP contribution is -2.23. The highest BCUT2D eigenvalue weighted by Crippen LogP contribution is 2.40. The third-order valence-corrected chi connectivity index (χ3v) is 3.80. The van der Waals surface area contributed by atoms with Gasteiger partial charge in [-0.2, -0.15) is 0 Å². The molecule has 0 aliphatic carbocycles. The van der Waals surface area contributed by atoms with Gasteiger partial charge in [0.05, 0.1) is 6.61 Å². The van der Waals surface area contributed by atoms with Crippen molar-refractivity contribution in [3.8, 4) is 16.9 Å². The molecule has 0 fully saturated rings. The second-order valence-electron chi connectivity index (χ2n) is 5.12. The Morgan fingerprint density at radius 1 is 1.20 bits per heavy atom. The molecule has 2 aromatic rings. The smallest absolute Gasteiger partial charge is 0.130 e. The molecule has 0 amide bonds. The van der Waals surface area contributed by atoms with E-state index in [4.69, 9.17) is 4.74 Å². The Morgan fingerprint density at radius 3 is 2.75 bits per heavy atom. The fourth-order valence-electron chi connectivity index (χ4n) is 2.81. The first-order valence-electron chi connectivity index (χ1n) is 6.96. The Balaban J connectivity index is 2.05. The number of ether oxygens (including phenoxy) is 1. The van der Waals surface area contributed by atoms with Crippen LogP contribution in [0.15, 0.2) is 42.5 Å². The average Bonchev–Trinajstić information content (AvgIpc) is 2.48. The van der Waals surface area contributed by atoms with Gasteiger partial charge in [0.25, 0.3) is 0 Å². The molecule has 1 aliphatic rings. The molecule has 2 aromatic carbocycles. The SMILES string of the molecule is CNC[C@@H]1CCOc2c(-c3ccc(F)cc3)cccc21. The highest BCUT2D eigenvalue weighted by Gasteiger charge is 2.23. The van der Waals surface area contributed by atoms with Gasteiger partial charge in [-0.05, 0) is 36.7 Å². The van der Waals surface area contributed by atoms with Crippen LogP contribution in [0.5, 0.6) is 5.75 Å². The van der Waals surface area contributed by atoms with E-state index in [1.165, 1.54) is 17.7 Å². The largest absolute Gasteiger partial charge is 0.493 e. The molecule has 0 saturated carbocycles. The van der Waals surface area contributed by atoms with E-state index < -0.39 is 0 Å². The van der Waals surface area contributed by atoms with Crippen molar-refractivity contribution in [1.82, 2.24) is 5.32 Å². The van der Waals surface area contributed by atoms with Gasteiger partial charge in [-0.3, -0.25) is 0 Å². The molecule has 20 heavy (non-hydrogen) atoms. The lowest BCUT2D eigenvalue weighted by atomic mass is 9.89. The van der Waals surface area contributed by atoms with Crippen LogP contribution in [-0.2, 0) is 0 Å². The van der Waals surface area contributed by atoms with Crippen LogP contribution < -0.4 is 10.1 Å². The highest BCUT2D eigenvalue weighted by atomic mass is 19.1. The van der Waals surface area contributed by atoms with Crippen molar-refractivity contribution in [3.63, 3.8) is 0 Å². The summed E-state index contributed by atoms with van der Waals surface area (Å²) in [6.45, 7) is 1.68. The molecule has 0 bridgehead atoms. The van der Waals surface area contributed by atoms with Crippen LogP contribution in [0.4, 0.5) is 4.39 Å². The van der Waals surface area contributed by atoms with Gasteiger partial charge in [0.15, 0.2) is 0 Å². The van der Waals surface area contributed by atoms with Crippen molar-refractivity contribution in [1.29, 1.82) is 0 Å². The zero-order valence-corrected chi connectivity index (χ0v) is 11.5. The van der Waals surface area contributed by atoms with Crippen LogP contribution in [0.2, 0.25) is 0 Å². The number of rotatable bonds is 3. The highest BCUT2D eigenvalue weighted by molar-refractivity contribution is 5.72. The van der Waals surface area contributed by atoms with E-state index in [0.717, 1.165) is 36.4 Å². The first kappa shape index (κ1) is 13.1. The normalized spacial score (nSPS) is 17.4. The standard InChI is InChI=1S/C17H18FNO/c1-19-11-13-9-10-20-17-15(3-2-4-16(13)17)12-5-7-14(18)8-6-12/h2-8,13,19H,9-11H2,1H3/t13-/m0/s1. The number of nitrogens with one attached hydrogen (secondary N) is 1. The molecular weight excluding hydrogens is 253 g/mol. The molecule has 1 heterocycles. The van der Waals surface area contributed by atoms with Crippen molar-refractivity contribution in [2.24, 2.45) is 0 Å². The number of hydrogen-bond donors (Lipinski definition) is 1. The summed E-state index contributed by atoms with van der Waals surface area (Å²) in [5.41, 5.74) is 3.28. The monoisotopic (exact) mass is 271 g/mol. The summed E-state index contributed by atoms with van der Waals surface area (Å²) >= 11 is 0. The van der Waals surface area contributed by atoms with E-state index in [9.17, 15) is 4.39 Å². The summed E-state index contributed by atoms with van der Waals surface area (Å²) in [5.74, 6) is 1.21. The number of para-hydroxylation sites is 1. The van der Waals surface area contributed by atoms with E-state index in [2.05, 4.69) is 17.4 Å². The Labute approximate surface area is 118 Å². The van der Waals surface area contributed by atoms with E-state index in [1.54, 1.807) is 12.1 Å².